The summed E-state index contributed by atoms with van der Waals surface area (Å²) < 4.78 is 43.9. The van der Waals surface area contributed by atoms with Crippen molar-refractivity contribution in [2.45, 2.75) is 25.9 Å². The quantitative estimate of drug-likeness (QED) is 0.687. The van der Waals surface area contributed by atoms with Crippen LogP contribution >= 0.6 is 0 Å². The first-order valence-corrected chi connectivity index (χ1v) is 6.45. The van der Waals surface area contributed by atoms with Crippen LogP contribution in [0.1, 0.15) is 23.1 Å². The zero-order valence-electron chi connectivity index (χ0n) is 11.5. The topological polar surface area (TPSA) is 46.5 Å². The minimum absolute atomic E-state index is 0.00127. The van der Waals surface area contributed by atoms with Crippen LogP contribution in [0.2, 0.25) is 0 Å². The van der Waals surface area contributed by atoms with E-state index in [9.17, 15) is 23.1 Å². The molecule has 3 nitrogen and oxygen atoms in total. The second-order valence-corrected chi connectivity index (χ2v) is 5.17. The zero-order chi connectivity index (χ0) is 15.8. The highest BCUT2D eigenvalue weighted by Gasteiger charge is 2.35. The molecule has 114 valence electrons. The fraction of sp³-hybridized carbons (Fsp3) is 0.400. The Balaban J connectivity index is 2.24. The van der Waals surface area contributed by atoms with Crippen LogP contribution in [-0.2, 0) is 22.1 Å². The van der Waals surface area contributed by atoms with Crippen molar-refractivity contribution in [2.75, 3.05) is 6.61 Å². The average Bonchev–Trinajstić information content (AvgIpc) is 2.67. The van der Waals surface area contributed by atoms with E-state index in [0.29, 0.717) is 5.56 Å². The standard InChI is InChI=1S/C15H15F3O3/c1-8-5-12(15(16,17)18)11(13(19)6-8)4-3-10-7-21-14(20)9(10)2/h5-6,10,19H,2-4,7H2,1H3/t10-/m1/s1. The second-order valence-electron chi connectivity index (χ2n) is 5.17. The molecule has 1 aliphatic heterocycles. The monoisotopic (exact) mass is 300 g/mol. The summed E-state index contributed by atoms with van der Waals surface area (Å²) in [5, 5.41) is 9.81. The van der Waals surface area contributed by atoms with Crippen molar-refractivity contribution in [1.29, 1.82) is 0 Å². The lowest BCUT2D eigenvalue weighted by Gasteiger charge is -2.16. The maximum Gasteiger partial charge on any atom is 0.416 e. The Kier molecular flexibility index (Phi) is 3.98. The summed E-state index contributed by atoms with van der Waals surface area (Å²) in [7, 11) is 0. The van der Waals surface area contributed by atoms with Gasteiger partial charge in [-0.15, -0.1) is 0 Å². The third kappa shape index (κ3) is 3.20. The van der Waals surface area contributed by atoms with E-state index in [2.05, 4.69) is 6.58 Å². The molecule has 1 aromatic carbocycles. The molecule has 0 spiro atoms. The molecular weight excluding hydrogens is 285 g/mol. The molecule has 0 bridgehead atoms. The Hall–Kier alpha value is -1.98. The third-order valence-electron chi connectivity index (χ3n) is 3.59. The van der Waals surface area contributed by atoms with Crippen molar-refractivity contribution in [3.63, 3.8) is 0 Å². The molecule has 6 heteroatoms. The van der Waals surface area contributed by atoms with E-state index >= 15 is 0 Å². The molecule has 2 rings (SSSR count). The number of halogens is 3. The number of benzene rings is 1. The Labute approximate surface area is 120 Å². The van der Waals surface area contributed by atoms with Gasteiger partial charge in [0.05, 0.1) is 12.2 Å². The van der Waals surface area contributed by atoms with Crippen LogP contribution in [0.5, 0.6) is 5.75 Å². The number of carbonyl (C=O) groups is 1. The predicted octanol–water partition coefficient (Wildman–Crippen LogP) is 3.38. The Bertz CT molecular complexity index is 591. The van der Waals surface area contributed by atoms with Crippen LogP contribution in [0, 0.1) is 12.8 Å². The van der Waals surface area contributed by atoms with Gasteiger partial charge in [0, 0.05) is 17.1 Å². The molecule has 0 aliphatic carbocycles. The Morgan fingerprint density at radius 1 is 1.43 bits per heavy atom. The van der Waals surface area contributed by atoms with Gasteiger partial charge in [-0.3, -0.25) is 0 Å². The predicted molar refractivity (Wildman–Crippen MR) is 69.8 cm³/mol. The van der Waals surface area contributed by atoms with Crippen molar-refractivity contribution < 1.29 is 27.8 Å². The first-order chi connectivity index (χ1) is 9.70. The summed E-state index contributed by atoms with van der Waals surface area (Å²) >= 11 is 0. The van der Waals surface area contributed by atoms with Gasteiger partial charge in [-0.2, -0.15) is 13.2 Å². The number of esters is 1. The van der Waals surface area contributed by atoms with Crippen molar-refractivity contribution in [1.82, 2.24) is 0 Å². The van der Waals surface area contributed by atoms with Gasteiger partial charge in [-0.1, -0.05) is 6.58 Å². The Morgan fingerprint density at radius 2 is 2.10 bits per heavy atom. The molecule has 1 saturated heterocycles. The van der Waals surface area contributed by atoms with E-state index in [4.69, 9.17) is 4.74 Å². The summed E-state index contributed by atoms with van der Waals surface area (Å²) in [4.78, 5) is 11.2. The van der Waals surface area contributed by atoms with Gasteiger partial charge in [0.15, 0.2) is 0 Å². The summed E-state index contributed by atoms with van der Waals surface area (Å²) in [6, 6.07) is 2.32. The number of carbonyl (C=O) groups excluding carboxylic acids is 1. The molecule has 1 aliphatic rings. The number of alkyl halides is 3. The van der Waals surface area contributed by atoms with E-state index < -0.39 is 17.7 Å². The fourth-order valence-electron chi connectivity index (χ4n) is 2.43. The molecule has 0 unspecified atom stereocenters. The van der Waals surface area contributed by atoms with Crippen LogP contribution in [0.15, 0.2) is 24.3 Å². The lowest BCUT2D eigenvalue weighted by Crippen LogP contribution is -2.12. The molecule has 1 heterocycles. The van der Waals surface area contributed by atoms with Gasteiger partial charge in [0.2, 0.25) is 0 Å². The highest BCUT2D eigenvalue weighted by Crippen LogP contribution is 2.38. The smallest absolute Gasteiger partial charge is 0.416 e. The Morgan fingerprint density at radius 3 is 2.62 bits per heavy atom. The number of hydrogen-bond acceptors (Lipinski definition) is 3. The molecule has 1 aromatic rings. The first-order valence-electron chi connectivity index (χ1n) is 6.45. The van der Waals surface area contributed by atoms with Crippen molar-refractivity contribution in [3.05, 3.63) is 41.0 Å². The van der Waals surface area contributed by atoms with Crippen LogP contribution in [0.3, 0.4) is 0 Å². The zero-order valence-corrected chi connectivity index (χ0v) is 11.5. The van der Waals surface area contributed by atoms with Gasteiger partial charge < -0.3 is 9.84 Å². The number of cyclic esters (lactones) is 1. The summed E-state index contributed by atoms with van der Waals surface area (Å²) in [5.74, 6) is -1.19. The van der Waals surface area contributed by atoms with Crippen molar-refractivity contribution in [2.24, 2.45) is 5.92 Å². The summed E-state index contributed by atoms with van der Waals surface area (Å²) in [5.41, 5.74) is -0.376. The van der Waals surface area contributed by atoms with Crippen LogP contribution < -0.4 is 0 Å². The van der Waals surface area contributed by atoms with Crippen molar-refractivity contribution in [3.8, 4) is 5.75 Å². The number of hydrogen-bond donors (Lipinski definition) is 1. The van der Waals surface area contributed by atoms with E-state index in [1.807, 2.05) is 0 Å². The average molecular weight is 300 g/mol. The van der Waals surface area contributed by atoms with Gasteiger partial charge >= 0.3 is 12.1 Å². The van der Waals surface area contributed by atoms with Gasteiger partial charge in [-0.25, -0.2) is 4.79 Å². The highest BCUT2D eigenvalue weighted by molar-refractivity contribution is 5.90. The molecule has 1 fully saturated rings. The van der Waals surface area contributed by atoms with E-state index in [1.54, 1.807) is 0 Å². The minimum atomic E-state index is -4.53. The molecule has 0 aromatic heterocycles. The number of ether oxygens (including phenoxy) is 1. The molecular formula is C15H15F3O3. The molecule has 21 heavy (non-hydrogen) atoms. The molecule has 0 saturated carbocycles. The lowest BCUT2D eigenvalue weighted by atomic mass is 9.92. The first kappa shape index (κ1) is 15.4. The summed E-state index contributed by atoms with van der Waals surface area (Å²) in [6.45, 7) is 5.20. The lowest BCUT2D eigenvalue weighted by molar-refractivity contribution is -0.138. The van der Waals surface area contributed by atoms with Crippen molar-refractivity contribution >= 4 is 5.97 Å². The second kappa shape index (κ2) is 5.42. The normalized spacial score (nSPS) is 19.0. The van der Waals surface area contributed by atoms with Gasteiger partial charge in [0.25, 0.3) is 0 Å². The van der Waals surface area contributed by atoms with Gasteiger partial charge in [-0.05, 0) is 37.5 Å². The number of aromatic hydroxyl groups is 1. The van der Waals surface area contributed by atoms with E-state index in [-0.39, 0.29) is 42.3 Å². The largest absolute Gasteiger partial charge is 0.508 e. The SMILES string of the molecule is C=C1C(=O)OC[C@H]1CCc1c(O)cc(C)cc1C(F)(F)F. The number of phenols is 1. The molecule has 1 atom stereocenters. The molecule has 0 amide bonds. The van der Waals surface area contributed by atoms with Gasteiger partial charge in [0.1, 0.15) is 5.75 Å². The third-order valence-corrected chi connectivity index (χ3v) is 3.59. The molecule has 1 N–H and O–H groups in total. The van der Waals surface area contributed by atoms with Crippen LogP contribution in [0.25, 0.3) is 0 Å². The van der Waals surface area contributed by atoms with E-state index in [1.165, 1.54) is 13.0 Å². The number of aryl methyl sites for hydroxylation is 1. The maximum atomic E-state index is 13.0. The van der Waals surface area contributed by atoms with Crippen LogP contribution in [-0.4, -0.2) is 17.7 Å². The number of rotatable bonds is 3. The molecule has 0 radical (unpaired) electrons. The summed E-state index contributed by atoms with van der Waals surface area (Å²) in [6.07, 6.45) is -4.26. The highest BCUT2D eigenvalue weighted by atomic mass is 19.4. The fourth-order valence-corrected chi connectivity index (χ4v) is 2.43. The maximum absolute atomic E-state index is 13.0. The van der Waals surface area contributed by atoms with E-state index in [0.717, 1.165) is 6.07 Å². The minimum Gasteiger partial charge on any atom is -0.508 e. The number of phenolic OH excluding ortho intramolecular Hbond substituents is 1. The van der Waals surface area contributed by atoms with Crippen LogP contribution in [0.4, 0.5) is 13.2 Å².